The van der Waals surface area contributed by atoms with E-state index in [1.54, 1.807) is 30.3 Å². The number of hydrogen-bond acceptors (Lipinski definition) is 5. The molecule has 1 amide bonds. The van der Waals surface area contributed by atoms with Crippen LogP contribution in [0.2, 0.25) is 0 Å². The van der Waals surface area contributed by atoms with Crippen molar-refractivity contribution in [2.45, 2.75) is 6.54 Å². The van der Waals surface area contributed by atoms with Gasteiger partial charge in [0, 0.05) is 11.8 Å². The summed E-state index contributed by atoms with van der Waals surface area (Å²) in [5.41, 5.74) is 1.37. The zero-order valence-electron chi connectivity index (χ0n) is 12.7. The number of sulfonamides is 1. The molecule has 7 nitrogen and oxygen atoms in total. The predicted octanol–water partition coefficient (Wildman–Crippen LogP) is 1.39. The molecule has 2 aromatic rings. The first-order valence-electron chi connectivity index (χ1n) is 6.73. The summed E-state index contributed by atoms with van der Waals surface area (Å²) in [6.45, 7) is 0.0224. The number of anilines is 1. The Morgan fingerprint density at radius 3 is 2.70 bits per heavy atom. The molecule has 122 valence electrons. The second kappa shape index (κ2) is 7.21. The van der Waals surface area contributed by atoms with Crippen LogP contribution in [0.15, 0.2) is 42.6 Å². The summed E-state index contributed by atoms with van der Waals surface area (Å²) in [7, 11) is -1.80. The van der Waals surface area contributed by atoms with Gasteiger partial charge in [0.1, 0.15) is 5.75 Å². The lowest BCUT2D eigenvalue weighted by molar-refractivity contribution is 0.102. The highest BCUT2D eigenvalue weighted by molar-refractivity contribution is 7.88. The fourth-order valence-corrected chi connectivity index (χ4v) is 2.27. The van der Waals surface area contributed by atoms with Crippen LogP contribution in [0.3, 0.4) is 0 Å². The van der Waals surface area contributed by atoms with Gasteiger partial charge in [-0.3, -0.25) is 9.78 Å². The number of rotatable bonds is 6. The average molecular weight is 335 g/mol. The fourth-order valence-electron chi connectivity index (χ4n) is 1.86. The lowest BCUT2D eigenvalue weighted by Gasteiger charge is -2.10. The normalized spacial score (nSPS) is 11.0. The molecule has 0 radical (unpaired) electrons. The minimum atomic E-state index is -3.32. The van der Waals surface area contributed by atoms with E-state index in [-0.39, 0.29) is 12.5 Å². The van der Waals surface area contributed by atoms with E-state index in [0.29, 0.717) is 22.7 Å². The zero-order valence-corrected chi connectivity index (χ0v) is 13.6. The highest BCUT2D eigenvalue weighted by Gasteiger charge is 2.11. The molecule has 1 aromatic carbocycles. The van der Waals surface area contributed by atoms with E-state index in [2.05, 4.69) is 15.0 Å². The van der Waals surface area contributed by atoms with Crippen LogP contribution in [-0.2, 0) is 16.6 Å². The molecule has 0 aliphatic heterocycles. The van der Waals surface area contributed by atoms with Crippen LogP contribution in [0, 0.1) is 0 Å². The Kier molecular flexibility index (Phi) is 5.30. The molecule has 0 aliphatic rings. The second-order valence-electron chi connectivity index (χ2n) is 4.78. The maximum Gasteiger partial charge on any atom is 0.255 e. The van der Waals surface area contributed by atoms with E-state index >= 15 is 0 Å². The second-order valence-corrected chi connectivity index (χ2v) is 6.62. The third kappa shape index (κ3) is 5.04. The number of nitrogens with one attached hydrogen (secondary N) is 2. The van der Waals surface area contributed by atoms with E-state index in [4.69, 9.17) is 4.74 Å². The number of benzene rings is 1. The molecule has 0 unspecified atom stereocenters. The van der Waals surface area contributed by atoms with Gasteiger partial charge in [-0.1, -0.05) is 12.1 Å². The van der Waals surface area contributed by atoms with Gasteiger partial charge in [0.25, 0.3) is 5.91 Å². The Labute approximate surface area is 134 Å². The first kappa shape index (κ1) is 16.9. The van der Waals surface area contributed by atoms with Gasteiger partial charge in [-0.2, -0.15) is 0 Å². The number of carbonyl (C=O) groups excluding carboxylic acids is 1. The third-order valence-corrected chi connectivity index (χ3v) is 3.62. The average Bonchev–Trinajstić information content (AvgIpc) is 2.53. The molecule has 8 heteroatoms. The van der Waals surface area contributed by atoms with Gasteiger partial charge in [-0.25, -0.2) is 13.1 Å². The SMILES string of the molecule is COc1ccccc1NC(=O)c1ccnc(CNS(C)(=O)=O)c1. The van der Waals surface area contributed by atoms with Gasteiger partial charge in [-0.15, -0.1) is 0 Å². The summed E-state index contributed by atoms with van der Waals surface area (Å²) >= 11 is 0. The van der Waals surface area contributed by atoms with E-state index < -0.39 is 10.0 Å². The highest BCUT2D eigenvalue weighted by atomic mass is 32.2. The van der Waals surface area contributed by atoms with Crippen molar-refractivity contribution in [2.24, 2.45) is 0 Å². The Morgan fingerprint density at radius 1 is 1.26 bits per heavy atom. The van der Waals surface area contributed by atoms with Gasteiger partial charge >= 0.3 is 0 Å². The molecule has 0 fully saturated rings. The summed E-state index contributed by atoms with van der Waals surface area (Å²) < 4.78 is 29.7. The van der Waals surface area contributed by atoms with E-state index in [1.165, 1.54) is 19.4 Å². The maximum atomic E-state index is 12.3. The van der Waals surface area contributed by atoms with Crippen molar-refractivity contribution in [3.05, 3.63) is 53.9 Å². The van der Waals surface area contributed by atoms with E-state index in [0.717, 1.165) is 6.26 Å². The molecule has 1 heterocycles. The molecular formula is C15H17N3O4S. The maximum absolute atomic E-state index is 12.3. The van der Waals surface area contributed by atoms with Crippen molar-refractivity contribution >= 4 is 21.6 Å². The van der Waals surface area contributed by atoms with Gasteiger partial charge in [0.05, 0.1) is 31.3 Å². The largest absolute Gasteiger partial charge is 0.495 e. The van der Waals surface area contributed by atoms with Crippen LogP contribution in [0.1, 0.15) is 16.1 Å². The summed E-state index contributed by atoms with van der Waals surface area (Å²) in [6.07, 6.45) is 2.52. The number of ether oxygens (including phenoxy) is 1. The van der Waals surface area contributed by atoms with Crippen molar-refractivity contribution in [3.8, 4) is 5.75 Å². The Morgan fingerprint density at radius 2 is 2.00 bits per heavy atom. The van der Waals surface area contributed by atoms with Gasteiger partial charge in [0.2, 0.25) is 10.0 Å². The summed E-state index contributed by atoms with van der Waals surface area (Å²) in [5, 5.41) is 2.75. The minimum Gasteiger partial charge on any atom is -0.495 e. The predicted molar refractivity (Wildman–Crippen MR) is 86.9 cm³/mol. The van der Waals surface area contributed by atoms with Crippen LogP contribution >= 0.6 is 0 Å². The summed E-state index contributed by atoms with van der Waals surface area (Å²) in [6, 6.07) is 10.1. The van der Waals surface area contributed by atoms with Crippen molar-refractivity contribution in [1.29, 1.82) is 0 Å². The third-order valence-electron chi connectivity index (χ3n) is 2.95. The minimum absolute atomic E-state index is 0.0224. The molecule has 0 aliphatic carbocycles. The van der Waals surface area contributed by atoms with E-state index in [9.17, 15) is 13.2 Å². The number of carbonyl (C=O) groups is 1. The van der Waals surface area contributed by atoms with Crippen LogP contribution in [0.4, 0.5) is 5.69 Å². The van der Waals surface area contributed by atoms with Crippen LogP contribution < -0.4 is 14.8 Å². The van der Waals surface area contributed by atoms with Gasteiger partial charge in [-0.05, 0) is 24.3 Å². The monoisotopic (exact) mass is 335 g/mol. The smallest absolute Gasteiger partial charge is 0.255 e. The molecule has 0 bridgehead atoms. The lowest BCUT2D eigenvalue weighted by atomic mass is 10.2. The molecule has 0 spiro atoms. The highest BCUT2D eigenvalue weighted by Crippen LogP contribution is 2.23. The number of para-hydroxylation sites is 2. The molecule has 23 heavy (non-hydrogen) atoms. The quantitative estimate of drug-likeness (QED) is 0.831. The van der Waals surface area contributed by atoms with Crippen molar-refractivity contribution in [3.63, 3.8) is 0 Å². The standard InChI is InChI=1S/C15H17N3O4S/c1-22-14-6-4-3-5-13(14)18-15(19)11-7-8-16-12(9-11)10-17-23(2,20)21/h3-9,17H,10H2,1-2H3,(H,18,19). The molecular weight excluding hydrogens is 318 g/mol. The Bertz CT molecular complexity index is 806. The van der Waals surface area contributed by atoms with E-state index in [1.807, 2.05) is 0 Å². The number of methoxy groups -OCH3 is 1. The number of nitrogens with zero attached hydrogens (tertiary/aromatic N) is 1. The van der Waals surface area contributed by atoms with Crippen LogP contribution in [0.25, 0.3) is 0 Å². The Balaban J connectivity index is 2.13. The topological polar surface area (TPSA) is 97.4 Å². The first-order chi connectivity index (χ1) is 10.9. The molecule has 2 rings (SSSR count). The van der Waals surface area contributed by atoms with Crippen LogP contribution in [-0.4, -0.2) is 32.7 Å². The number of amides is 1. The van der Waals surface area contributed by atoms with Crippen molar-refractivity contribution < 1.29 is 17.9 Å². The molecule has 0 saturated heterocycles. The molecule has 0 saturated carbocycles. The fraction of sp³-hybridized carbons (Fsp3) is 0.200. The number of hydrogen-bond donors (Lipinski definition) is 2. The molecule has 2 N–H and O–H groups in total. The lowest BCUT2D eigenvalue weighted by Crippen LogP contribution is -2.22. The van der Waals surface area contributed by atoms with Crippen molar-refractivity contribution in [2.75, 3.05) is 18.7 Å². The zero-order chi connectivity index (χ0) is 16.9. The summed E-state index contributed by atoms with van der Waals surface area (Å²) in [5.74, 6) is 0.214. The summed E-state index contributed by atoms with van der Waals surface area (Å²) in [4.78, 5) is 16.3. The molecule has 0 atom stereocenters. The van der Waals surface area contributed by atoms with Gasteiger partial charge < -0.3 is 10.1 Å². The van der Waals surface area contributed by atoms with Gasteiger partial charge in [0.15, 0.2) is 0 Å². The molecule has 1 aromatic heterocycles. The van der Waals surface area contributed by atoms with Crippen LogP contribution in [0.5, 0.6) is 5.75 Å². The Hall–Kier alpha value is -2.45. The van der Waals surface area contributed by atoms with Crippen molar-refractivity contribution in [1.82, 2.24) is 9.71 Å². The number of pyridine rings is 1. The number of aromatic nitrogens is 1. The first-order valence-corrected chi connectivity index (χ1v) is 8.62.